The van der Waals surface area contributed by atoms with Crippen LogP contribution in [0.5, 0.6) is 0 Å². The molecule has 1 fully saturated rings. The van der Waals surface area contributed by atoms with Gasteiger partial charge in [0.15, 0.2) is 0 Å². The summed E-state index contributed by atoms with van der Waals surface area (Å²) in [6, 6.07) is 8.40. The molecule has 1 N–H and O–H groups in total. The molecule has 0 radical (unpaired) electrons. The van der Waals surface area contributed by atoms with Crippen LogP contribution in [0.2, 0.25) is 0 Å². The van der Waals surface area contributed by atoms with Crippen LogP contribution in [0.3, 0.4) is 0 Å². The molecule has 1 saturated heterocycles. The van der Waals surface area contributed by atoms with Crippen molar-refractivity contribution in [3.8, 4) is 0 Å². The monoisotopic (exact) mass is 286 g/mol. The van der Waals surface area contributed by atoms with Gasteiger partial charge in [0, 0.05) is 43.0 Å². The van der Waals surface area contributed by atoms with Crippen molar-refractivity contribution in [2.24, 2.45) is 0 Å². The Hall–Kier alpha value is -1.81. The molecule has 1 aromatic heterocycles. The number of aryl methyl sites for hydroxylation is 1. The summed E-state index contributed by atoms with van der Waals surface area (Å²) in [4.78, 5) is 13.6. The lowest BCUT2D eigenvalue weighted by Gasteiger charge is -2.21. The maximum absolute atomic E-state index is 11.7. The third-order valence-electron chi connectivity index (χ3n) is 4.19. The van der Waals surface area contributed by atoms with Crippen LogP contribution in [-0.4, -0.2) is 29.9 Å². The van der Waals surface area contributed by atoms with E-state index in [-0.39, 0.29) is 11.9 Å². The Morgan fingerprint density at radius 1 is 1.38 bits per heavy atom. The Bertz CT molecular complexity index is 647. The first kappa shape index (κ1) is 14.1. The van der Waals surface area contributed by atoms with E-state index in [0.717, 1.165) is 37.4 Å². The minimum absolute atomic E-state index is 0.278. The molecule has 1 aromatic carbocycles. The summed E-state index contributed by atoms with van der Waals surface area (Å²) >= 11 is 0. The number of fused-ring (bicyclic) bond motifs is 1. The summed E-state index contributed by atoms with van der Waals surface area (Å²) in [6.45, 7) is 6.59. The van der Waals surface area contributed by atoms with Crippen molar-refractivity contribution in [2.45, 2.75) is 39.3 Å². The maximum atomic E-state index is 11.7. The van der Waals surface area contributed by atoms with Gasteiger partial charge >= 0.3 is 0 Å². The minimum Gasteiger partial charge on any atom is -0.461 e. The van der Waals surface area contributed by atoms with Gasteiger partial charge in [-0.25, -0.2) is 0 Å². The summed E-state index contributed by atoms with van der Waals surface area (Å²) in [5.74, 6) is 1.25. The lowest BCUT2D eigenvalue weighted by atomic mass is 10.1. The predicted octanol–water partition coefficient (Wildman–Crippen LogP) is 2.84. The number of likely N-dealkylation sites (tertiary alicyclic amines) is 1. The van der Waals surface area contributed by atoms with Crippen LogP contribution in [-0.2, 0) is 11.3 Å². The maximum Gasteiger partial charge on any atom is 0.222 e. The van der Waals surface area contributed by atoms with Gasteiger partial charge in [0.05, 0.1) is 0 Å². The van der Waals surface area contributed by atoms with Crippen molar-refractivity contribution in [1.29, 1.82) is 0 Å². The number of carbonyl (C=O) groups is 1. The fraction of sp³-hybridized carbons (Fsp3) is 0.471. The molecule has 0 spiro atoms. The molecular weight excluding hydrogens is 264 g/mol. The van der Waals surface area contributed by atoms with Crippen LogP contribution in [0.1, 0.15) is 31.1 Å². The minimum atomic E-state index is 0.278. The van der Waals surface area contributed by atoms with E-state index in [0.29, 0.717) is 6.42 Å². The van der Waals surface area contributed by atoms with Crippen molar-refractivity contribution < 1.29 is 9.21 Å². The average molecular weight is 286 g/mol. The summed E-state index contributed by atoms with van der Waals surface area (Å²) in [5, 5.41) is 4.68. The highest BCUT2D eigenvalue weighted by Crippen LogP contribution is 2.25. The number of rotatable bonds is 5. The third-order valence-corrected chi connectivity index (χ3v) is 4.19. The van der Waals surface area contributed by atoms with E-state index in [1.54, 1.807) is 0 Å². The Morgan fingerprint density at radius 2 is 2.19 bits per heavy atom. The van der Waals surface area contributed by atoms with Crippen LogP contribution in [0.15, 0.2) is 28.7 Å². The number of hydrogen-bond acceptors (Lipinski definition) is 3. The molecule has 3 rings (SSSR count). The molecule has 4 heteroatoms. The van der Waals surface area contributed by atoms with Crippen molar-refractivity contribution in [2.75, 3.05) is 13.1 Å². The molecule has 112 valence electrons. The van der Waals surface area contributed by atoms with Crippen LogP contribution in [0.4, 0.5) is 0 Å². The normalized spacial score (nSPS) is 16.9. The Morgan fingerprint density at radius 3 is 2.95 bits per heavy atom. The number of amides is 1. The van der Waals surface area contributed by atoms with Gasteiger partial charge in [-0.3, -0.25) is 4.79 Å². The highest BCUT2D eigenvalue weighted by atomic mass is 16.3. The van der Waals surface area contributed by atoms with Crippen LogP contribution in [0.25, 0.3) is 11.0 Å². The molecule has 0 aliphatic carbocycles. The fourth-order valence-electron chi connectivity index (χ4n) is 3.01. The van der Waals surface area contributed by atoms with E-state index in [1.165, 1.54) is 10.9 Å². The molecule has 0 bridgehead atoms. The third kappa shape index (κ3) is 2.95. The second-order valence-electron chi connectivity index (χ2n) is 5.86. The van der Waals surface area contributed by atoms with E-state index in [1.807, 2.05) is 30.0 Å². The van der Waals surface area contributed by atoms with Gasteiger partial charge in [0.2, 0.25) is 5.91 Å². The molecule has 4 nitrogen and oxygen atoms in total. The zero-order valence-corrected chi connectivity index (χ0v) is 12.7. The zero-order valence-electron chi connectivity index (χ0n) is 12.7. The van der Waals surface area contributed by atoms with E-state index in [9.17, 15) is 4.79 Å². The van der Waals surface area contributed by atoms with Gasteiger partial charge in [0.25, 0.3) is 0 Å². The highest BCUT2D eigenvalue weighted by Gasteiger charge is 2.21. The molecule has 1 atom stereocenters. The van der Waals surface area contributed by atoms with Crippen molar-refractivity contribution in [3.63, 3.8) is 0 Å². The number of benzene rings is 1. The lowest BCUT2D eigenvalue weighted by molar-refractivity contribution is -0.127. The fourth-order valence-corrected chi connectivity index (χ4v) is 3.01. The molecule has 2 heterocycles. The smallest absolute Gasteiger partial charge is 0.222 e. The SMILES string of the molecule is Cc1oc2ccccc2c1CNC(C)CN1CCCC1=O. The highest BCUT2D eigenvalue weighted by molar-refractivity contribution is 5.82. The number of furan rings is 1. The first-order valence-corrected chi connectivity index (χ1v) is 7.63. The van der Waals surface area contributed by atoms with Gasteiger partial charge in [-0.15, -0.1) is 0 Å². The molecule has 0 saturated carbocycles. The van der Waals surface area contributed by atoms with Crippen LogP contribution in [0, 0.1) is 6.92 Å². The number of para-hydroxylation sites is 1. The van der Waals surface area contributed by atoms with E-state index < -0.39 is 0 Å². The molecular formula is C17H22N2O2. The zero-order chi connectivity index (χ0) is 14.8. The average Bonchev–Trinajstić information content (AvgIpc) is 3.00. The Kier molecular flexibility index (Phi) is 3.97. The van der Waals surface area contributed by atoms with Crippen molar-refractivity contribution in [3.05, 3.63) is 35.6 Å². The molecule has 1 unspecified atom stereocenters. The van der Waals surface area contributed by atoms with E-state index in [2.05, 4.69) is 18.3 Å². The van der Waals surface area contributed by atoms with Crippen LogP contribution >= 0.6 is 0 Å². The van der Waals surface area contributed by atoms with E-state index in [4.69, 9.17) is 4.42 Å². The van der Waals surface area contributed by atoms with Crippen molar-refractivity contribution >= 4 is 16.9 Å². The summed E-state index contributed by atoms with van der Waals surface area (Å²) in [5.41, 5.74) is 2.15. The number of nitrogens with zero attached hydrogens (tertiary/aromatic N) is 1. The number of nitrogens with one attached hydrogen (secondary N) is 1. The van der Waals surface area contributed by atoms with Gasteiger partial charge in [-0.1, -0.05) is 18.2 Å². The quantitative estimate of drug-likeness (QED) is 0.919. The summed E-state index contributed by atoms with van der Waals surface area (Å²) in [6.07, 6.45) is 1.70. The van der Waals surface area contributed by atoms with Crippen LogP contribution < -0.4 is 5.32 Å². The van der Waals surface area contributed by atoms with E-state index >= 15 is 0 Å². The second-order valence-corrected chi connectivity index (χ2v) is 5.86. The molecule has 1 aliphatic rings. The second kappa shape index (κ2) is 5.90. The molecule has 2 aromatic rings. The molecule has 1 aliphatic heterocycles. The molecule has 21 heavy (non-hydrogen) atoms. The summed E-state index contributed by atoms with van der Waals surface area (Å²) < 4.78 is 5.78. The summed E-state index contributed by atoms with van der Waals surface area (Å²) in [7, 11) is 0. The number of carbonyl (C=O) groups excluding carboxylic acids is 1. The van der Waals surface area contributed by atoms with Gasteiger partial charge < -0.3 is 14.6 Å². The van der Waals surface area contributed by atoms with Gasteiger partial charge in [-0.2, -0.15) is 0 Å². The molecule has 1 amide bonds. The standard InChI is InChI=1S/C17H22N2O2/c1-12(11-19-9-5-8-17(19)20)18-10-15-13(2)21-16-7-4-3-6-14(15)16/h3-4,6-7,12,18H,5,8-11H2,1-2H3. The topological polar surface area (TPSA) is 45.5 Å². The largest absolute Gasteiger partial charge is 0.461 e. The Labute approximate surface area is 125 Å². The lowest BCUT2D eigenvalue weighted by Crippen LogP contribution is -2.39. The predicted molar refractivity (Wildman–Crippen MR) is 83.1 cm³/mol. The Balaban J connectivity index is 1.63. The van der Waals surface area contributed by atoms with Gasteiger partial charge in [-0.05, 0) is 26.3 Å². The first-order valence-electron chi connectivity index (χ1n) is 7.63. The van der Waals surface area contributed by atoms with Crippen molar-refractivity contribution in [1.82, 2.24) is 10.2 Å². The van der Waals surface area contributed by atoms with Gasteiger partial charge in [0.1, 0.15) is 11.3 Å². The number of hydrogen-bond donors (Lipinski definition) is 1. The first-order chi connectivity index (χ1) is 10.1.